The maximum absolute atomic E-state index is 11.7. The molecule has 1 aromatic heterocycles. The molecule has 0 spiro atoms. The van der Waals surface area contributed by atoms with Gasteiger partial charge in [-0.3, -0.25) is 9.48 Å². The van der Waals surface area contributed by atoms with E-state index in [-0.39, 0.29) is 5.91 Å². The van der Waals surface area contributed by atoms with Crippen LogP contribution < -0.4 is 5.32 Å². The van der Waals surface area contributed by atoms with Crippen molar-refractivity contribution in [1.82, 2.24) is 20.1 Å². The highest BCUT2D eigenvalue weighted by molar-refractivity contribution is 5.75. The summed E-state index contributed by atoms with van der Waals surface area (Å²) in [5.74, 6) is 0.356. The van der Waals surface area contributed by atoms with E-state index in [9.17, 15) is 4.79 Å². The van der Waals surface area contributed by atoms with E-state index in [4.69, 9.17) is 0 Å². The molecule has 0 aliphatic heterocycles. The van der Waals surface area contributed by atoms with E-state index in [2.05, 4.69) is 34.5 Å². The Morgan fingerprint density at radius 2 is 2.16 bits per heavy atom. The number of aryl methyl sites for hydroxylation is 1. The number of nitrogens with one attached hydrogen (secondary N) is 1. The molecule has 1 N–H and O–H groups in total. The van der Waals surface area contributed by atoms with Crippen LogP contribution in [0.3, 0.4) is 0 Å². The van der Waals surface area contributed by atoms with Gasteiger partial charge in [0.05, 0.1) is 6.54 Å². The van der Waals surface area contributed by atoms with Crippen molar-refractivity contribution in [2.24, 2.45) is 0 Å². The minimum Gasteiger partial charge on any atom is -0.355 e. The monoisotopic (exact) mass is 258 g/mol. The van der Waals surface area contributed by atoms with Crippen LogP contribution in [0.1, 0.15) is 24.8 Å². The average molecular weight is 258 g/mol. The van der Waals surface area contributed by atoms with Crippen LogP contribution in [0.15, 0.2) is 43.0 Å². The first-order valence-electron chi connectivity index (χ1n) is 6.40. The lowest BCUT2D eigenvalue weighted by molar-refractivity contribution is -0.121. The molecule has 0 aliphatic carbocycles. The van der Waals surface area contributed by atoms with Crippen LogP contribution in [0.2, 0.25) is 0 Å². The lowest BCUT2D eigenvalue weighted by Gasteiger charge is -2.13. The molecule has 1 atom stereocenters. The number of carbonyl (C=O) groups is 1. The topological polar surface area (TPSA) is 59.8 Å². The van der Waals surface area contributed by atoms with Crippen LogP contribution >= 0.6 is 0 Å². The zero-order valence-corrected chi connectivity index (χ0v) is 11.0. The third-order valence-electron chi connectivity index (χ3n) is 3.01. The summed E-state index contributed by atoms with van der Waals surface area (Å²) in [5.41, 5.74) is 1.24. The average Bonchev–Trinajstić information content (AvgIpc) is 2.96. The second-order valence-electron chi connectivity index (χ2n) is 4.52. The van der Waals surface area contributed by atoms with E-state index in [1.165, 1.54) is 11.9 Å². The molecule has 0 fully saturated rings. The fraction of sp³-hybridized carbons (Fsp3) is 0.357. The number of benzene rings is 1. The zero-order chi connectivity index (χ0) is 13.5. The van der Waals surface area contributed by atoms with Crippen LogP contribution in [0.25, 0.3) is 0 Å². The summed E-state index contributed by atoms with van der Waals surface area (Å²) in [6.45, 7) is 3.32. The fourth-order valence-electron chi connectivity index (χ4n) is 1.82. The number of rotatable bonds is 6. The molecular formula is C14H18N4O. The molecule has 1 amide bonds. The molecule has 2 rings (SSSR count). The SMILES string of the molecule is C[C@H](CNC(=O)CCn1cncn1)c1ccccc1. The van der Waals surface area contributed by atoms with Gasteiger partial charge in [0.2, 0.25) is 5.91 Å². The van der Waals surface area contributed by atoms with Crippen molar-refractivity contribution in [2.75, 3.05) is 6.54 Å². The smallest absolute Gasteiger partial charge is 0.221 e. The van der Waals surface area contributed by atoms with Gasteiger partial charge in [0, 0.05) is 13.0 Å². The Labute approximate surface area is 112 Å². The van der Waals surface area contributed by atoms with Crippen LogP contribution in [0.5, 0.6) is 0 Å². The van der Waals surface area contributed by atoms with Crippen molar-refractivity contribution in [3.05, 3.63) is 48.5 Å². The number of amides is 1. The molecule has 0 bridgehead atoms. The molecule has 0 radical (unpaired) electrons. The summed E-state index contributed by atoms with van der Waals surface area (Å²) in [5, 5.41) is 6.90. The highest BCUT2D eigenvalue weighted by atomic mass is 16.1. The van der Waals surface area contributed by atoms with Crippen molar-refractivity contribution in [3.63, 3.8) is 0 Å². The molecule has 0 saturated heterocycles. The summed E-state index contributed by atoms with van der Waals surface area (Å²) in [6, 6.07) is 10.2. The third kappa shape index (κ3) is 4.21. The number of hydrogen-bond donors (Lipinski definition) is 1. The molecule has 0 saturated carbocycles. The van der Waals surface area contributed by atoms with Gasteiger partial charge >= 0.3 is 0 Å². The van der Waals surface area contributed by atoms with E-state index < -0.39 is 0 Å². The first-order chi connectivity index (χ1) is 9.25. The molecule has 1 aromatic carbocycles. The fourth-order valence-corrected chi connectivity index (χ4v) is 1.82. The van der Waals surface area contributed by atoms with Gasteiger partial charge in [0.25, 0.3) is 0 Å². The maximum atomic E-state index is 11.7. The van der Waals surface area contributed by atoms with Gasteiger partial charge in [0.15, 0.2) is 0 Å². The minimum absolute atomic E-state index is 0.0401. The zero-order valence-electron chi connectivity index (χ0n) is 11.0. The van der Waals surface area contributed by atoms with Gasteiger partial charge < -0.3 is 5.32 Å². The van der Waals surface area contributed by atoms with Crippen molar-refractivity contribution < 1.29 is 4.79 Å². The van der Waals surface area contributed by atoms with Crippen molar-refractivity contribution in [1.29, 1.82) is 0 Å². The van der Waals surface area contributed by atoms with Gasteiger partial charge in [-0.25, -0.2) is 4.98 Å². The molecule has 1 heterocycles. The highest BCUT2D eigenvalue weighted by Gasteiger charge is 2.07. The number of hydrogen-bond acceptors (Lipinski definition) is 3. The second-order valence-corrected chi connectivity index (χ2v) is 4.52. The molecule has 19 heavy (non-hydrogen) atoms. The molecule has 5 nitrogen and oxygen atoms in total. The van der Waals surface area contributed by atoms with Gasteiger partial charge in [-0.1, -0.05) is 37.3 Å². The highest BCUT2D eigenvalue weighted by Crippen LogP contribution is 2.12. The summed E-state index contributed by atoms with van der Waals surface area (Å²) >= 11 is 0. The predicted octanol–water partition coefficient (Wildman–Crippen LogP) is 1.59. The first kappa shape index (κ1) is 13.3. The summed E-state index contributed by atoms with van der Waals surface area (Å²) < 4.78 is 1.65. The number of nitrogens with zero attached hydrogens (tertiary/aromatic N) is 3. The van der Waals surface area contributed by atoms with Gasteiger partial charge in [-0.15, -0.1) is 0 Å². The molecular weight excluding hydrogens is 240 g/mol. The Kier molecular flexibility index (Phi) is 4.66. The van der Waals surface area contributed by atoms with E-state index >= 15 is 0 Å². The predicted molar refractivity (Wildman–Crippen MR) is 72.5 cm³/mol. The lowest BCUT2D eigenvalue weighted by Crippen LogP contribution is -2.28. The largest absolute Gasteiger partial charge is 0.355 e. The van der Waals surface area contributed by atoms with Gasteiger partial charge in [-0.2, -0.15) is 5.10 Å². The molecule has 0 unspecified atom stereocenters. The normalized spacial score (nSPS) is 12.1. The Morgan fingerprint density at radius 1 is 1.37 bits per heavy atom. The van der Waals surface area contributed by atoms with Crippen molar-refractivity contribution in [2.45, 2.75) is 25.8 Å². The van der Waals surface area contributed by atoms with Crippen LogP contribution in [0, 0.1) is 0 Å². The van der Waals surface area contributed by atoms with Gasteiger partial charge in [-0.05, 0) is 11.5 Å². The quantitative estimate of drug-likeness (QED) is 0.856. The number of aromatic nitrogens is 3. The van der Waals surface area contributed by atoms with E-state index in [0.29, 0.717) is 25.4 Å². The van der Waals surface area contributed by atoms with Gasteiger partial charge in [0.1, 0.15) is 12.7 Å². The maximum Gasteiger partial charge on any atom is 0.221 e. The first-order valence-corrected chi connectivity index (χ1v) is 6.40. The second kappa shape index (κ2) is 6.68. The Balaban J connectivity index is 1.71. The van der Waals surface area contributed by atoms with E-state index in [1.54, 1.807) is 11.0 Å². The lowest BCUT2D eigenvalue weighted by atomic mass is 10.0. The molecule has 0 aliphatic rings. The third-order valence-corrected chi connectivity index (χ3v) is 3.01. The standard InChI is InChI=1S/C14H18N4O/c1-12(13-5-3-2-4-6-13)9-16-14(19)7-8-18-11-15-10-17-18/h2-6,10-12H,7-9H2,1H3,(H,16,19)/t12-/m1/s1. The summed E-state index contributed by atoms with van der Waals surface area (Å²) in [6.07, 6.45) is 3.50. The van der Waals surface area contributed by atoms with Crippen LogP contribution in [0.4, 0.5) is 0 Å². The Bertz CT molecular complexity index is 495. The van der Waals surface area contributed by atoms with Crippen LogP contribution in [-0.4, -0.2) is 27.2 Å². The molecule has 100 valence electrons. The molecule has 2 aromatic rings. The van der Waals surface area contributed by atoms with Crippen molar-refractivity contribution in [3.8, 4) is 0 Å². The summed E-state index contributed by atoms with van der Waals surface area (Å²) in [7, 11) is 0. The minimum atomic E-state index is 0.0401. The van der Waals surface area contributed by atoms with Crippen molar-refractivity contribution >= 4 is 5.91 Å². The van der Waals surface area contributed by atoms with E-state index in [0.717, 1.165) is 0 Å². The number of carbonyl (C=O) groups excluding carboxylic acids is 1. The Hall–Kier alpha value is -2.17. The Morgan fingerprint density at radius 3 is 2.84 bits per heavy atom. The van der Waals surface area contributed by atoms with Crippen LogP contribution in [-0.2, 0) is 11.3 Å². The molecule has 5 heteroatoms. The van der Waals surface area contributed by atoms with E-state index in [1.807, 2.05) is 18.2 Å². The summed E-state index contributed by atoms with van der Waals surface area (Å²) in [4.78, 5) is 15.5.